The van der Waals surface area contributed by atoms with Gasteiger partial charge in [-0.05, 0) is 43.2 Å². The minimum atomic E-state index is -2.83. The van der Waals surface area contributed by atoms with Crippen LogP contribution in [-0.2, 0) is 22.9 Å². The number of hydrogen-bond donors (Lipinski definition) is 0. The zero-order valence-corrected chi connectivity index (χ0v) is 14.0. The molecule has 0 saturated carbocycles. The highest BCUT2D eigenvalue weighted by Gasteiger charge is 2.31. The number of aryl methyl sites for hydroxylation is 2. The van der Waals surface area contributed by atoms with Crippen molar-refractivity contribution in [2.45, 2.75) is 39.4 Å². The summed E-state index contributed by atoms with van der Waals surface area (Å²) in [5.41, 5.74) is 2.09. The van der Waals surface area contributed by atoms with E-state index < -0.39 is 9.84 Å². The Labute approximate surface area is 123 Å². The molecule has 1 fully saturated rings. The van der Waals surface area contributed by atoms with Gasteiger partial charge in [0.05, 0.1) is 27.4 Å². The third-order valence-corrected chi connectivity index (χ3v) is 6.47. The van der Waals surface area contributed by atoms with E-state index in [1.807, 2.05) is 18.7 Å². The standard InChI is InChI=1S/C12H20BrN3O2S/c1-4-16-11(12(13)9(2)14-16)7-15(3)10-5-6-19(17,18)8-10/h10H,4-8H2,1-3H3. The van der Waals surface area contributed by atoms with E-state index in [0.717, 1.165) is 35.4 Å². The summed E-state index contributed by atoms with van der Waals surface area (Å²) in [7, 11) is -0.843. The Morgan fingerprint density at radius 2 is 2.21 bits per heavy atom. The summed E-state index contributed by atoms with van der Waals surface area (Å²) in [6.07, 6.45) is 0.732. The minimum Gasteiger partial charge on any atom is -0.297 e. The normalized spacial score (nSPS) is 22.3. The molecule has 7 heteroatoms. The fourth-order valence-corrected chi connectivity index (χ4v) is 4.72. The molecule has 0 aliphatic carbocycles. The van der Waals surface area contributed by atoms with Crippen LogP contribution >= 0.6 is 15.9 Å². The van der Waals surface area contributed by atoms with Crippen LogP contribution in [0.15, 0.2) is 4.47 Å². The summed E-state index contributed by atoms with van der Waals surface area (Å²) < 4.78 is 26.1. The zero-order chi connectivity index (χ0) is 14.2. The summed E-state index contributed by atoms with van der Waals surface area (Å²) in [4.78, 5) is 2.12. The first-order valence-corrected chi connectivity index (χ1v) is 9.08. The molecule has 1 aliphatic heterocycles. The molecule has 2 heterocycles. The lowest BCUT2D eigenvalue weighted by molar-refractivity contribution is 0.246. The Kier molecular flexibility index (Phi) is 4.37. The van der Waals surface area contributed by atoms with E-state index in [4.69, 9.17) is 0 Å². The fraction of sp³-hybridized carbons (Fsp3) is 0.750. The lowest BCUT2D eigenvalue weighted by atomic mass is 10.2. The highest BCUT2D eigenvalue weighted by molar-refractivity contribution is 9.10. The first-order valence-electron chi connectivity index (χ1n) is 6.46. The average Bonchev–Trinajstić information content (AvgIpc) is 2.83. The van der Waals surface area contributed by atoms with Crippen LogP contribution < -0.4 is 0 Å². The van der Waals surface area contributed by atoms with E-state index in [1.54, 1.807) is 0 Å². The van der Waals surface area contributed by atoms with Gasteiger partial charge in [0.1, 0.15) is 0 Å². The molecule has 0 bridgehead atoms. The van der Waals surface area contributed by atoms with Crippen molar-refractivity contribution in [2.24, 2.45) is 0 Å². The highest BCUT2D eigenvalue weighted by Crippen LogP contribution is 2.24. The number of halogens is 1. The minimum absolute atomic E-state index is 0.123. The van der Waals surface area contributed by atoms with Crippen LogP contribution in [0.4, 0.5) is 0 Å². The molecule has 1 atom stereocenters. The monoisotopic (exact) mass is 349 g/mol. The second-order valence-corrected chi connectivity index (χ2v) is 8.16. The van der Waals surface area contributed by atoms with Crippen molar-refractivity contribution >= 4 is 25.8 Å². The van der Waals surface area contributed by atoms with Crippen molar-refractivity contribution < 1.29 is 8.42 Å². The van der Waals surface area contributed by atoms with Crippen molar-refractivity contribution in [1.82, 2.24) is 14.7 Å². The number of hydrogen-bond acceptors (Lipinski definition) is 4. The smallest absolute Gasteiger partial charge is 0.151 e. The number of sulfone groups is 1. The van der Waals surface area contributed by atoms with E-state index in [1.165, 1.54) is 0 Å². The fourth-order valence-electron chi connectivity index (χ4n) is 2.51. The van der Waals surface area contributed by atoms with Crippen molar-refractivity contribution in [3.8, 4) is 0 Å². The van der Waals surface area contributed by atoms with E-state index in [0.29, 0.717) is 5.75 Å². The Morgan fingerprint density at radius 3 is 2.74 bits per heavy atom. The van der Waals surface area contributed by atoms with Gasteiger partial charge in [-0.25, -0.2) is 8.42 Å². The van der Waals surface area contributed by atoms with Gasteiger partial charge in [-0.1, -0.05) is 0 Å². The molecule has 1 aromatic rings. The topological polar surface area (TPSA) is 55.2 Å². The second kappa shape index (κ2) is 5.54. The maximum atomic E-state index is 11.5. The lowest BCUT2D eigenvalue weighted by Crippen LogP contribution is -2.33. The van der Waals surface area contributed by atoms with Gasteiger partial charge in [0, 0.05) is 19.1 Å². The number of nitrogens with zero attached hydrogens (tertiary/aromatic N) is 3. The Morgan fingerprint density at radius 1 is 1.53 bits per heavy atom. The van der Waals surface area contributed by atoms with Gasteiger partial charge in [0.15, 0.2) is 9.84 Å². The predicted molar refractivity (Wildman–Crippen MR) is 78.9 cm³/mol. The van der Waals surface area contributed by atoms with Crippen molar-refractivity contribution in [3.05, 3.63) is 15.9 Å². The zero-order valence-electron chi connectivity index (χ0n) is 11.6. The maximum absolute atomic E-state index is 11.5. The van der Waals surface area contributed by atoms with Crippen LogP contribution in [0, 0.1) is 6.92 Å². The van der Waals surface area contributed by atoms with Crippen LogP contribution in [0.25, 0.3) is 0 Å². The third-order valence-electron chi connectivity index (χ3n) is 3.68. The maximum Gasteiger partial charge on any atom is 0.151 e. The molecule has 1 unspecified atom stereocenters. The average molecular weight is 350 g/mol. The van der Waals surface area contributed by atoms with Gasteiger partial charge < -0.3 is 0 Å². The first kappa shape index (κ1) is 15.0. The van der Waals surface area contributed by atoms with Crippen LogP contribution in [-0.4, -0.2) is 47.7 Å². The molecule has 0 aromatic carbocycles. The quantitative estimate of drug-likeness (QED) is 0.828. The summed E-state index contributed by atoms with van der Waals surface area (Å²) in [5.74, 6) is 0.593. The van der Waals surface area contributed by atoms with Gasteiger partial charge in [0.2, 0.25) is 0 Å². The molecule has 0 N–H and O–H groups in total. The highest BCUT2D eigenvalue weighted by atomic mass is 79.9. The van der Waals surface area contributed by atoms with Crippen molar-refractivity contribution in [1.29, 1.82) is 0 Å². The van der Waals surface area contributed by atoms with E-state index in [-0.39, 0.29) is 11.8 Å². The van der Waals surface area contributed by atoms with Crippen LogP contribution in [0.2, 0.25) is 0 Å². The Balaban J connectivity index is 2.13. The van der Waals surface area contributed by atoms with Crippen LogP contribution in [0.5, 0.6) is 0 Å². The molecule has 108 valence electrons. The van der Waals surface area contributed by atoms with Gasteiger partial charge in [-0.2, -0.15) is 5.10 Å². The third kappa shape index (κ3) is 3.20. The summed E-state index contributed by atoms with van der Waals surface area (Å²) in [6, 6.07) is 0.123. The lowest BCUT2D eigenvalue weighted by Gasteiger charge is -2.23. The number of rotatable bonds is 4. The van der Waals surface area contributed by atoms with Gasteiger partial charge in [-0.3, -0.25) is 9.58 Å². The first-order chi connectivity index (χ1) is 8.84. The Bertz CT molecular complexity index is 568. The molecule has 1 saturated heterocycles. The van der Waals surface area contributed by atoms with Crippen molar-refractivity contribution in [2.75, 3.05) is 18.6 Å². The van der Waals surface area contributed by atoms with Crippen molar-refractivity contribution in [3.63, 3.8) is 0 Å². The molecule has 2 rings (SSSR count). The molecule has 19 heavy (non-hydrogen) atoms. The molecule has 0 radical (unpaired) electrons. The van der Waals surface area contributed by atoms with E-state index >= 15 is 0 Å². The molecular formula is C12H20BrN3O2S. The van der Waals surface area contributed by atoms with Gasteiger partial charge >= 0.3 is 0 Å². The summed E-state index contributed by atoms with van der Waals surface area (Å²) >= 11 is 3.57. The van der Waals surface area contributed by atoms with Gasteiger partial charge in [-0.15, -0.1) is 0 Å². The predicted octanol–water partition coefficient (Wildman–Crippen LogP) is 1.59. The van der Waals surface area contributed by atoms with Crippen LogP contribution in [0.1, 0.15) is 24.7 Å². The molecular weight excluding hydrogens is 330 g/mol. The van der Waals surface area contributed by atoms with Gasteiger partial charge in [0.25, 0.3) is 0 Å². The summed E-state index contributed by atoms with van der Waals surface area (Å²) in [6.45, 7) is 5.57. The number of aromatic nitrogens is 2. The largest absolute Gasteiger partial charge is 0.297 e. The molecule has 0 spiro atoms. The SMILES string of the molecule is CCn1nc(C)c(Br)c1CN(C)C1CCS(=O)(=O)C1. The molecule has 0 amide bonds. The second-order valence-electron chi connectivity index (χ2n) is 5.13. The van der Waals surface area contributed by atoms with E-state index in [2.05, 4.69) is 32.9 Å². The summed E-state index contributed by atoms with van der Waals surface area (Å²) in [5, 5.41) is 4.46. The Hall–Kier alpha value is -0.400. The molecule has 1 aromatic heterocycles. The van der Waals surface area contributed by atoms with Crippen LogP contribution in [0.3, 0.4) is 0 Å². The molecule has 1 aliphatic rings. The molecule has 5 nitrogen and oxygen atoms in total. The van der Waals surface area contributed by atoms with E-state index in [9.17, 15) is 8.42 Å².